The lowest BCUT2D eigenvalue weighted by Gasteiger charge is -2.29. The molecule has 28 heavy (non-hydrogen) atoms. The van der Waals surface area contributed by atoms with Crippen LogP contribution in [0.5, 0.6) is 11.5 Å². The summed E-state index contributed by atoms with van der Waals surface area (Å²) in [6, 6.07) is 5.24. The maximum Gasteiger partial charge on any atom is 0.341 e. The summed E-state index contributed by atoms with van der Waals surface area (Å²) in [4.78, 5) is 23.3. The quantitative estimate of drug-likeness (QED) is 0.485. The van der Waals surface area contributed by atoms with E-state index in [2.05, 4.69) is 28.2 Å². The summed E-state index contributed by atoms with van der Waals surface area (Å²) in [5.74, 6) is -0.597. The second-order valence-electron chi connectivity index (χ2n) is 6.73. The number of aliphatic carboxylic acids is 1. The van der Waals surface area contributed by atoms with Gasteiger partial charge in [0, 0.05) is 6.04 Å². The van der Waals surface area contributed by atoms with Crippen LogP contribution in [0.4, 0.5) is 0 Å². The monoisotopic (exact) mass is 450 g/mol. The van der Waals surface area contributed by atoms with E-state index >= 15 is 0 Å². The molecule has 1 aromatic rings. The van der Waals surface area contributed by atoms with E-state index in [-0.39, 0.29) is 17.4 Å². The predicted molar refractivity (Wildman–Crippen MR) is 107 cm³/mol. The number of benzene rings is 1. The molecule has 1 fully saturated rings. The molecule has 7 nitrogen and oxygen atoms in total. The van der Waals surface area contributed by atoms with Crippen LogP contribution in [0.15, 0.2) is 22.2 Å². The molecule has 0 spiro atoms. The largest absolute Gasteiger partial charge is 0.493 e. The maximum absolute atomic E-state index is 12.5. The molecule has 0 unspecified atom stereocenters. The molecule has 0 aliphatic heterocycles. The summed E-state index contributed by atoms with van der Waals surface area (Å²) in [6.07, 6.45) is 5.69. The number of nitrogens with zero attached hydrogens (tertiary/aromatic N) is 1. The number of nitriles is 1. The standard InChI is InChI=1S/C20H23BrN2O5/c1-12-5-3-4-6-16(12)23-20(26)14(10-22)7-13-8-15(21)19(17(9-13)27-2)28-11-18(24)25/h7-9,12,16H,3-6,11H2,1-2H3,(H,23,26)(H,24,25)/b14-7+/t12-,16-/m0/s1. The number of ether oxygens (including phenoxy) is 2. The zero-order valence-electron chi connectivity index (χ0n) is 15.8. The summed E-state index contributed by atoms with van der Waals surface area (Å²) in [6.45, 7) is 1.59. The van der Waals surface area contributed by atoms with Crippen LogP contribution < -0.4 is 14.8 Å². The van der Waals surface area contributed by atoms with Crippen LogP contribution in [0.2, 0.25) is 0 Å². The molecule has 150 valence electrons. The Morgan fingerprint density at radius 3 is 2.71 bits per heavy atom. The highest BCUT2D eigenvalue weighted by Gasteiger charge is 2.24. The van der Waals surface area contributed by atoms with Crippen molar-refractivity contribution in [3.05, 3.63) is 27.7 Å². The van der Waals surface area contributed by atoms with Crippen molar-refractivity contribution in [3.63, 3.8) is 0 Å². The lowest BCUT2D eigenvalue weighted by Crippen LogP contribution is -2.41. The first-order chi connectivity index (χ1) is 13.3. The zero-order valence-corrected chi connectivity index (χ0v) is 17.4. The molecular weight excluding hydrogens is 428 g/mol. The molecule has 0 saturated heterocycles. The second kappa shape index (κ2) is 10.1. The summed E-state index contributed by atoms with van der Waals surface area (Å²) >= 11 is 3.31. The van der Waals surface area contributed by atoms with Crippen molar-refractivity contribution in [1.82, 2.24) is 5.32 Å². The SMILES string of the molecule is COc1cc(/C=C(\C#N)C(=O)N[C@H]2CCCC[C@@H]2C)cc(Br)c1OCC(=O)O. The Hall–Kier alpha value is -2.53. The summed E-state index contributed by atoms with van der Waals surface area (Å²) in [5, 5.41) is 21.2. The topological polar surface area (TPSA) is 109 Å². The number of halogens is 1. The number of hydrogen-bond donors (Lipinski definition) is 2. The van der Waals surface area contributed by atoms with Crippen molar-refractivity contribution in [2.75, 3.05) is 13.7 Å². The van der Waals surface area contributed by atoms with Crippen LogP contribution in [0.1, 0.15) is 38.2 Å². The summed E-state index contributed by atoms with van der Waals surface area (Å²) < 4.78 is 10.9. The van der Waals surface area contributed by atoms with Gasteiger partial charge < -0.3 is 19.9 Å². The van der Waals surface area contributed by atoms with Gasteiger partial charge in [-0.2, -0.15) is 5.26 Å². The van der Waals surface area contributed by atoms with E-state index in [1.807, 2.05) is 6.07 Å². The number of methoxy groups -OCH3 is 1. The third kappa shape index (κ3) is 5.73. The lowest BCUT2D eigenvalue weighted by atomic mass is 9.86. The Morgan fingerprint density at radius 1 is 1.39 bits per heavy atom. The average molecular weight is 451 g/mol. The number of carbonyl (C=O) groups is 2. The molecule has 0 bridgehead atoms. The molecule has 2 atom stereocenters. The van der Waals surface area contributed by atoms with Gasteiger partial charge in [-0.15, -0.1) is 0 Å². The van der Waals surface area contributed by atoms with Crippen LogP contribution in [0.3, 0.4) is 0 Å². The Balaban J connectivity index is 2.23. The van der Waals surface area contributed by atoms with E-state index in [9.17, 15) is 14.9 Å². The highest BCUT2D eigenvalue weighted by Crippen LogP contribution is 2.37. The van der Waals surface area contributed by atoms with Crippen molar-refractivity contribution in [2.24, 2.45) is 5.92 Å². The van der Waals surface area contributed by atoms with Crippen LogP contribution >= 0.6 is 15.9 Å². The first-order valence-electron chi connectivity index (χ1n) is 9.00. The van der Waals surface area contributed by atoms with Gasteiger partial charge in [-0.1, -0.05) is 19.8 Å². The molecular formula is C20H23BrN2O5. The van der Waals surface area contributed by atoms with E-state index in [0.717, 1.165) is 19.3 Å². The molecule has 2 N–H and O–H groups in total. The molecule has 1 aliphatic carbocycles. The number of carboxylic acids is 1. The molecule has 1 aliphatic rings. The van der Waals surface area contributed by atoms with Gasteiger partial charge in [0.2, 0.25) is 0 Å². The maximum atomic E-state index is 12.5. The van der Waals surface area contributed by atoms with Crippen molar-refractivity contribution < 1.29 is 24.2 Å². The minimum Gasteiger partial charge on any atom is -0.493 e. The predicted octanol–water partition coefficient (Wildman–Crippen LogP) is 3.52. The zero-order chi connectivity index (χ0) is 20.7. The van der Waals surface area contributed by atoms with Crippen LogP contribution in [0.25, 0.3) is 6.08 Å². The van der Waals surface area contributed by atoms with E-state index in [0.29, 0.717) is 21.7 Å². The molecule has 0 radical (unpaired) electrons. The minimum atomic E-state index is -1.11. The molecule has 1 amide bonds. The van der Waals surface area contributed by atoms with Gasteiger partial charge in [-0.05, 0) is 58.5 Å². The third-order valence-electron chi connectivity index (χ3n) is 4.70. The van der Waals surface area contributed by atoms with Gasteiger partial charge >= 0.3 is 5.97 Å². The van der Waals surface area contributed by atoms with Gasteiger partial charge in [-0.3, -0.25) is 4.79 Å². The van der Waals surface area contributed by atoms with Gasteiger partial charge in [0.15, 0.2) is 18.1 Å². The number of hydrogen-bond acceptors (Lipinski definition) is 5. The Bertz CT molecular complexity index is 816. The van der Waals surface area contributed by atoms with E-state index in [1.54, 1.807) is 12.1 Å². The number of carboxylic acid groups (broad SMARTS) is 1. The van der Waals surface area contributed by atoms with E-state index in [4.69, 9.17) is 14.6 Å². The fourth-order valence-corrected chi connectivity index (χ4v) is 3.76. The first kappa shape index (κ1) is 21.8. The molecule has 1 saturated carbocycles. The number of carbonyl (C=O) groups excluding carboxylic acids is 1. The highest BCUT2D eigenvalue weighted by molar-refractivity contribution is 9.10. The fraction of sp³-hybridized carbons (Fsp3) is 0.450. The van der Waals surface area contributed by atoms with Crippen LogP contribution in [0, 0.1) is 17.2 Å². The van der Waals surface area contributed by atoms with Gasteiger partial charge in [0.1, 0.15) is 11.6 Å². The Morgan fingerprint density at radius 2 is 2.11 bits per heavy atom. The van der Waals surface area contributed by atoms with Crippen molar-refractivity contribution >= 4 is 33.9 Å². The summed E-state index contributed by atoms with van der Waals surface area (Å²) in [7, 11) is 1.42. The van der Waals surface area contributed by atoms with Crippen LogP contribution in [-0.4, -0.2) is 36.7 Å². The smallest absolute Gasteiger partial charge is 0.341 e. The molecule has 2 rings (SSSR count). The Labute approximate surface area is 172 Å². The molecule has 1 aromatic carbocycles. The lowest BCUT2D eigenvalue weighted by molar-refractivity contribution is -0.139. The minimum absolute atomic E-state index is 0.00840. The average Bonchev–Trinajstić information content (AvgIpc) is 2.66. The van der Waals surface area contributed by atoms with E-state index in [1.165, 1.54) is 19.6 Å². The van der Waals surface area contributed by atoms with E-state index < -0.39 is 18.5 Å². The van der Waals surface area contributed by atoms with Crippen molar-refractivity contribution in [3.8, 4) is 17.6 Å². The summed E-state index contributed by atoms with van der Waals surface area (Å²) in [5.41, 5.74) is 0.542. The fourth-order valence-electron chi connectivity index (χ4n) is 3.19. The van der Waals surface area contributed by atoms with Crippen molar-refractivity contribution in [1.29, 1.82) is 5.26 Å². The normalized spacial score (nSPS) is 19.4. The van der Waals surface area contributed by atoms with Gasteiger partial charge in [0.05, 0.1) is 11.6 Å². The van der Waals surface area contributed by atoms with Crippen molar-refractivity contribution in [2.45, 2.75) is 38.6 Å². The first-order valence-corrected chi connectivity index (χ1v) is 9.79. The Kier molecular flexibility index (Phi) is 7.88. The highest BCUT2D eigenvalue weighted by atomic mass is 79.9. The second-order valence-corrected chi connectivity index (χ2v) is 7.58. The van der Waals surface area contributed by atoms with Crippen LogP contribution in [-0.2, 0) is 9.59 Å². The number of nitrogens with one attached hydrogen (secondary N) is 1. The molecule has 8 heteroatoms. The van der Waals surface area contributed by atoms with Gasteiger partial charge in [-0.25, -0.2) is 4.79 Å². The third-order valence-corrected chi connectivity index (χ3v) is 5.28. The molecule has 0 heterocycles. The number of rotatable bonds is 7. The van der Waals surface area contributed by atoms with Gasteiger partial charge in [0.25, 0.3) is 5.91 Å². The molecule has 0 aromatic heterocycles. The number of amides is 1.